The van der Waals surface area contributed by atoms with E-state index in [4.69, 9.17) is 0 Å². The molecule has 1 aromatic carbocycles. The lowest BCUT2D eigenvalue weighted by atomic mass is 10.2. The van der Waals surface area contributed by atoms with Crippen molar-refractivity contribution in [3.8, 4) is 0 Å². The van der Waals surface area contributed by atoms with Gasteiger partial charge in [0.25, 0.3) is 0 Å². The highest BCUT2D eigenvalue weighted by Gasteiger charge is 2.24. The second kappa shape index (κ2) is 8.83. The van der Waals surface area contributed by atoms with Crippen LogP contribution < -0.4 is 4.90 Å². The van der Waals surface area contributed by atoms with E-state index < -0.39 is 0 Å². The van der Waals surface area contributed by atoms with Gasteiger partial charge in [0.2, 0.25) is 11.8 Å². The second-order valence-electron chi connectivity index (χ2n) is 6.54. The van der Waals surface area contributed by atoms with E-state index in [1.54, 1.807) is 24.0 Å². The largest absolute Gasteiger partial charge is 0.366 e. The molecule has 1 heterocycles. The number of halogens is 1. The molecule has 0 spiro atoms. The Bertz CT molecular complexity index is 600. The van der Waals surface area contributed by atoms with E-state index in [-0.39, 0.29) is 23.7 Å². The maximum atomic E-state index is 13.9. The van der Waals surface area contributed by atoms with Gasteiger partial charge in [-0.25, -0.2) is 4.39 Å². The number of rotatable bonds is 6. The molecule has 2 rings (SSSR count). The summed E-state index contributed by atoms with van der Waals surface area (Å²) in [7, 11) is 0. The van der Waals surface area contributed by atoms with Gasteiger partial charge in [0, 0.05) is 52.1 Å². The molecule has 0 N–H and O–H groups in total. The molecule has 0 bridgehead atoms. The molecule has 1 atom stereocenters. The lowest BCUT2D eigenvalue weighted by molar-refractivity contribution is -0.134. The number of nitrogens with zero attached hydrogens (tertiary/aromatic N) is 3. The number of hydrogen-bond donors (Lipinski definition) is 0. The molecule has 138 valence electrons. The molecule has 0 radical (unpaired) electrons. The Kier molecular flexibility index (Phi) is 6.79. The van der Waals surface area contributed by atoms with Crippen LogP contribution in [-0.2, 0) is 9.59 Å². The molecule has 5 nitrogen and oxygen atoms in total. The van der Waals surface area contributed by atoms with Crippen molar-refractivity contribution in [2.45, 2.75) is 39.7 Å². The number of para-hydroxylation sites is 1. The summed E-state index contributed by atoms with van der Waals surface area (Å²) in [6.45, 7) is 8.43. The molecule has 1 saturated heterocycles. The SMILES string of the molecule is CCC(C)N(CCC(=O)N1CCN(c2ccccc2F)CC1)C(C)=O. The molecule has 25 heavy (non-hydrogen) atoms. The Hall–Kier alpha value is -2.11. The van der Waals surface area contributed by atoms with Crippen LogP contribution in [0.25, 0.3) is 0 Å². The monoisotopic (exact) mass is 349 g/mol. The van der Waals surface area contributed by atoms with Gasteiger partial charge in [0.1, 0.15) is 5.82 Å². The minimum atomic E-state index is -0.229. The molecule has 1 fully saturated rings. The van der Waals surface area contributed by atoms with Crippen molar-refractivity contribution in [1.29, 1.82) is 0 Å². The van der Waals surface area contributed by atoms with Gasteiger partial charge in [-0.15, -0.1) is 0 Å². The van der Waals surface area contributed by atoms with Crippen molar-refractivity contribution in [2.75, 3.05) is 37.6 Å². The number of hydrogen-bond acceptors (Lipinski definition) is 3. The van der Waals surface area contributed by atoms with E-state index in [1.165, 1.54) is 6.07 Å². The number of carbonyl (C=O) groups is 2. The van der Waals surface area contributed by atoms with Crippen LogP contribution in [0.4, 0.5) is 10.1 Å². The molecule has 6 heteroatoms. The highest BCUT2D eigenvalue weighted by molar-refractivity contribution is 5.78. The standard InChI is InChI=1S/C19H28FN3O2/c1-4-15(2)23(16(3)24)10-9-19(25)22-13-11-21(12-14-22)18-8-6-5-7-17(18)20/h5-8,15H,4,9-14H2,1-3H3. The van der Waals surface area contributed by atoms with Crippen molar-refractivity contribution in [3.05, 3.63) is 30.1 Å². The van der Waals surface area contributed by atoms with Gasteiger partial charge in [0.05, 0.1) is 5.69 Å². The van der Waals surface area contributed by atoms with Gasteiger partial charge in [-0.3, -0.25) is 9.59 Å². The van der Waals surface area contributed by atoms with Gasteiger partial charge in [-0.1, -0.05) is 19.1 Å². The number of amides is 2. The van der Waals surface area contributed by atoms with Crippen LogP contribution >= 0.6 is 0 Å². The normalized spacial score (nSPS) is 15.8. The van der Waals surface area contributed by atoms with Gasteiger partial charge in [0.15, 0.2) is 0 Å². The molecule has 0 aliphatic carbocycles. The van der Waals surface area contributed by atoms with Crippen LogP contribution in [0.5, 0.6) is 0 Å². The third-order valence-electron chi connectivity index (χ3n) is 4.92. The van der Waals surface area contributed by atoms with Gasteiger partial charge in [-0.2, -0.15) is 0 Å². The first-order valence-corrected chi connectivity index (χ1v) is 8.98. The van der Waals surface area contributed by atoms with Crippen LogP contribution in [-0.4, -0.2) is 60.4 Å². The molecule has 0 aromatic heterocycles. The Balaban J connectivity index is 1.85. The summed E-state index contributed by atoms with van der Waals surface area (Å²) >= 11 is 0. The zero-order valence-electron chi connectivity index (χ0n) is 15.4. The minimum absolute atomic E-state index is 0.00604. The van der Waals surface area contributed by atoms with Crippen LogP contribution in [0, 0.1) is 5.82 Å². The fourth-order valence-corrected chi connectivity index (χ4v) is 3.19. The lowest BCUT2D eigenvalue weighted by Crippen LogP contribution is -2.50. The predicted molar refractivity (Wildman–Crippen MR) is 97.0 cm³/mol. The van der Waals surface area contributed by atoms with Crippen molar-refractivity contribution >= 4 is 17.5 Å². The van der Waals surface area contributed by atoms with E-state index in [1.807, 2.05) is 29.7 Å². The second-order valence-corrected chi connectivity index (χ2v) is 6.54. The van der Waals surface area contributed by atoms with Crippen molar-refractivity contribution < 1.29 is 14.0 Å². The summed E-state index contributed by atoms with van der Waals surface area (Å²) in [4.78, 5) is 29.7. The summed E-state index contributed by atoms with van der Waals surface area (Å²) in [5, 5.41) is 0. The molecule has 0 saturated carbocycles. The summed E-state index contributed by atoms with van der Waals surface area (Å²) in [5.74, 6) is -0.165. The summed E-state index contributed by atoms with van der Waals surface area (Å²) < 4.78 is 13.9. The van der Waals surface area contributed by atoms with Crippen molar-refractivity contribution in [1.82, 2.24) is 9.80 Å². The molecule has 2 amide bonds. The van der Waals surface area contributed by atoms with Crippen LogP contribution in [0.2, 0.25) is 0 Å². The van der Waals surface area contributed by atoms with E-state index >= 15 is 0 Å². The molecular weight excluding hydrogens is 321 g/mol. The van der Waals surface area contributed by atoms with Crippen LogP contribution in [0.1, 0.15) is 33.6 Å². The van der Waals surface area contributed by atoms with Crippen molar-refractivity contribution in [2.24, 2.45) is 0 Å². The number of carbonyl (C=O) groups excluding carboxylic acids is 2. The summed E-state index contributed by atoms with van der Waals surface area (Å²) in [6, 6.07) is 6.86. The fraction of sp³-hybridized carbons (Fsp3) is 0.579. The van der Waals surface area contributed by atoms with Gasteiger partial charge < -0.3 is 14.7 Å². The maximum Gasteiger partial charge on any atom is 0.224 e. The Morgan fingerprint density at radius 1 is 1.20 bits per heavy atom. The highest BCUT2D eigenvalue weighted by Crippen LogP contribution is 2.20. The van der Waals surface area contributed by atoms with Gasteiger partial charge in [-0.05, 0) is 25.5 Å². The topological polar surface area (TPSA) is 43.9 Å². The third-order valence-corrected chi connectivity index (χ3v) is 4.92. The fourth-order valence-electron chi connectivity index (χ4n) is 3.19. The number of piperazine rings is 1. The lowest BCUT2D eigenvalue weighted by Gasteiger charge is -2.36. The first-order valence-electron chi connectivity index (χ1n) is 8.98. The summed E-state index contributed by atoms with van der Waals surface area (Å²) in [6.07, 6.45) is 1.21. The molecular formula is C19H28FN3O2. The Morgan fingerprint density at radius 3 is 2.40 bits per heavy atom. The molecule has 1 aliphatic heterocycles. The highest BCUT2D eigenvalue weighted by atomic mass is 19.1. The number of benzene rings is 1. The first kappa shape index (κ1) is 19.2. The molecule has 1 aromatic rings. The maximum absolute atomic E-state index is 13.9. The minimum Gasteiger partial charge on any atom is -0.366 e. The van der Waals surface area contributed by atoms with Gasteiger partial charge >= 0.3 is 0 Å². The smallest absolute Gasteiger partial charge is 0.224 e. The molecule has 1 aliphatic rings. The predicted octanol–water partition coefficient (Wildman–Crippen LogP) is 2.51. The average Bonchev–Trinajstić information content (AvgIpc) is 2.61. The van der Waals surface area contributed by atoms with Crippen LogP contribution in [0.15, 0.2) is 24.3 Å². The van der Waals surface area contributed by atoms with Crippen molar-refractivity contribution in [3.63, 3.8) is 0 Å². The Morgan fingerprint density at radius 2 is 1.84 bits per heavy atom. The van der Waals surface area contributed by atoms with Crippen LogP contribution in [0.3, 0.4) is 0 Å². The molecule has 1 unspecified atom stereocenters. The average molecular weight is 349 g/mol. The number of anilines is 1. The first-order chi connectivity index (χ1) is 11.9. The Labute approximate surface area is 149 Å². The van der Waals surface area contributed by atoms with E-state index in [2.05, 4.69) is 0 Å². The third kappa shape index (κ3) is 4.94. The quantitative estimate of drug-likeness (QED) is 0.793. The van der Waals surface area contributed by atoms with E-state index in [0.29, 0.717) is 44.8 Å². The zero-order chi connectivity index (χ0) is 18.4. The zero-order valence-corrected chi connectivity index (χ0v) is 15.4. The van der Waals surface area contributed by atoms with E-state index in [9.17, 15) is 14.0 Å². The summed E-state index contributed by atoms with van der Waals surface area (Å²) in [5.41, 5.74) is 0.592. The van der Waals surface area contributed by atoms with E-state index in [0.717, 1.165) is 6.42 Å².